The number of Topliss-reactive ketones (excluding diaryl/α,β-unsaturated/α-hetero) is 1. The lowest BCUT2D eigenvalue weighted by molar-refractivity contribution is -0.142. The van der Waals surface area contributed by atoms with Crippen molar-refractivity contribution in [1.82, 2.24) is 10.6 Å². The predicted octanol–water partition coefficient (Wildman–Crippen LogP) is 4.40. The fourth-order valence-electron chi connectivity index (χ4n) is 8.68. The van der Waals surface area contributed by atoms with Crippen molar-refractivity contribution in [3.05, 3.63) is 11.6 Å². The van der Waals surface area contributed by atoms with Gasteiger partial charge in [-0.3, -0.25) is 14.4 Å². The van der Waals surface area contributed by atoms with Crippen LogP contribution in [-0.2, 0) is 24.0 Å². The van der Waals surface area contributed by atoms with Crippen molar-refractivity contribution in [3.63, 3.8) is 0 Å². The molecule has 0 aliphatic heterocycles. The van der Waals surface area contributed by atoms with Gasteiger partial charge < -0.3 is 20.6 Å². The second-order valence-corrected chi connectivity index (χ2v) is 13.1. The number of hydrogen-bond acceptors (Lipinski definition) is 6. The molecule has 3 fully saturated rings. The van der Waals surface area contributed by atoms with Crippen LogP contribution in [0.15, 0.2) is 16.8 Å². The van der Waals surface area contributed by atoms with Crippen LogP contribution < -0.4 is 10.6 Å². The van der Waals surface area contributed by atoms with Gasteiger partial charge in [0.15, 0.2) is 6.61 Å². The molecule has 0 saturated heterocycles. The second-order valence-electron chi connectivity index (χ2n) is 13.1. The van der Waals surface area contributed by atoms with E-state index in [1.54, 1.807) is 6.92 Å². The van der Waals surface area contributed by atoms with E-state index in [2.05, 4.69) is 35.7 Å². The standard InChI is InChI=1S/C31H47N3O6/c1-6-7-26(29(38)39)33-28(37)18(2)32-27(36)17-40-34-21-12-14-30(4)20(16-21)8-9-22-24-11-10-23(19(3)35)31(24,5)15-13-25(22)30/h16,18,22-26H,6-15,17H2,1-5H3,(H,32,36)(H,33,37)(H,38,39)/b34-21-/t18-,22-,23+,24-,25-,26+,30-,31+/m0/s1. The molecule has 8 atom stereocenters. The van der Waals surface area contributed by atoms with Crippen LogP contribution in [0.3, 0.4) is 0 Å². The molecular formula is C31H47N3O6. The average Bonchev–Trinajstić information content (AvgIpc) is 3.26. The van der Waals surface area contributed by atoms with Gasteiger partial charge in [0.1, 0.15) is 17.9 Å². The van der Waals surface area contributed by atoms with Gasteiger partial charge in [0.05, 0.1) is 5.71 Å². The zero-order valence-corrected chi connectivity index (χ0v) is 24.8. The Balaban J connectivity index is 1.31. The van der Waals surface area contributed by atoms with Gasteiger partial charge in [-0.1, -0.05) is 37.9 Å². The summed E-state index contributed by atoms with van der Waals surface area (Å²) >= 11 is 0. The molecule has 40 heavy (non-hydrogen) atoms. The van der Waals surface area contributed by atoms with Crippen molar-refractivity contribution in [2.45, 2.75) is 111 Å². The summed E-state index contributed by atoms with van der Waals surface area (Å²) in [4.78, 5) is 53.7. The van der Waals surface area contributed by atoms with E-state index >= 15 is 0 Å². The van der Waals surface area contributed by atoms with Crippen LogP contribution >= 0.6 is 0 Å². The minimum absolute atomic E-state index is 0.142. The molecule has 0 unspecified atom stereocenters. The Kier molecular flexibility index (Phi) is 9.10. The van der Waals surface area contributed by atoms with E-state index in [0.29, 0.717) is 36.4 Å². The third-order valence-corrected chi connectivity index (χ3v) is 10.8. The number of hydrogen-bond donors (Lipinski definition) is 3. The highest BCUT2D eigenvalue weighted by molar-refractivity contribution is 5.96. The number of fused-ring (bicyclic) bond motifs is 5. The number of aliphatic carboxylic acids is 1. The third kappa shape index (κ3) is 5.84. The third-order valence-electron chi connectivity index (χ3n) is 10.8. The summed E-state index contributed by atoms with van der Waals surface area (Å²) in [5.74, 6) is 0.407. The lowest BCUT2D eigenvalue weighted by Crippen LogP contribution is -2.51. The first-order valence-electron chi connectivity index (χ1n) is 15.1. The lowest BCUT2D eigenvalue weighted by atomic mass is 9.46. The first-order valence-corrected chi connectivity index (χ1v) is 15.1. The molecule has 4 rings (SSSR count). The molecule has 0 bridgehead atoms. The van der Waals surface area contributed by atoms with Gasteiger partial charge in [-0.15, -0.1) is 0 Å². The van der Waals surface area contributed by atoms with Crippen LogP contribution in [0.2, 0.25) is 0 Å². The van der Waals surface area contributed by atoms with Crippen LogP contribution in [0, 0.1) is 34.5 Å². The summed E-state index contributed by atoms with van der Waals surface area (Å²) in [6, 6.07) is -1.87. The molecule has 3 N–H and O–H groups in total. The number of carbonyl (C=O) groups is 4. The topological polar surface area (TPSA) is 134 Å². The Morgan fingerprint density at radius 2 is 1.82 bits per heavy atom. The Labute approximate surface area is 237 Å². The Morgan fingerprint density at radius 1 is 1.07 bits per heavy atom. The van der Waals surface area contributed by atoms with E-state index in [4.69, 9.17) is 4.84 Å². The smallest absolute Gasteiger partial charge is 0.326 e. The summed E-state index contributed by atoms with van der Waals surface area (Å²) in [5.41, 5.74) is 2.57. The Hall–Kier alpha value is -2.71. The van der Waals surface area contributed by atoms with E-state index in [1.165, 1.54) is 25.3 Å². The molecule has 222 valence electrons. The number of oxime groups is 1. The van der Waals surface area contributed by atoms with Gasteiger partial charge in [-0.2, -0.15) is 0 Å². The maximum Gasteiger partial charge on any atom is 0.326 e. The van der Waals surface area contributed by atoms with Gasteiger partial charge in [-0.05, 0) is 106 Å². The number of nitrogens with one attached hydrogen (secondary N) is 2. The van der Waals surface area contributed by atoms with Gasteiger partial charge in [0.25, 0.3) is 5.91 Å². The summed E-state index contributed by atoms with van der Waals surface area (Å²) in [7, 11) is 0. The van der Waals surface area contributed by atoms with Crippen molar-refractivity contribution in [2.75, 3.05) is 6.61 Å². The Bertz CT molecular complexity index is 1080. The molecule has 3 saturated carbocycles. The highest BCUT2D eigenvalue weighted by atomic mass is 16.6. The monoisotopic (exact) mass is 557 g/mol. The number of ketones is 1. The maximum absolute atomic E-state index is 12.4. The molecule has 0 radical (unpaired) electrons. The predicted molar refractivity (Wildman–Crippen MR) is 151 cm³/mol. The Morgan fingerprint density at radius 3 is 2.50 bits per heavy atom. The number of amides is 2. The minimum Gasteiger partial charge on any atom is -0.480 e. The first kappa shape index (κ1) is 30.3. The van der Waals surface area contributed by atoms with Crippen molar-refractivity contribution >= 4 is 29.3 Å². The van der Waals surface area contributed by atoms with Crippen molar-refractivity contribution in [3.8, 4) is 0 Å². The first-order chi connectivity index (χ1) is 18.9. The molecule has 0 spiro atoms. The largest absolute Gasteiger partial charge is 0.480 e. The quantitative estimate of drug-likeness (QED) is 0.341. The van der Waals surface area contributed by atoms with E-state index < -0.39 is 29.9 Å². The molecule has 9 heteroatoms. The van der Waals surface area contributed by atoms with Crippen LogP contribution in [0.4, 0.5) is 0 Å². The highest BCUT2D eigenvalue weighted by Gasteiger charge is 2.59. The van der Waals surface area contributed by atoms with Gasteiger partial charge in [0, 0.05) is 5.92 Å². The molecule has 0 aromatic heterocycles. The van der Waals surface area contributed by atoms with E-state index in [1.807, 2.05) is 6.92 Å². The van der Waals surface area contributed by atoms with Crippen LogP contribution in [0.1, 0.15) is 98.8 Å². The highest BCUT2D eigenvalue weighted by Crippen LogP contribution is 2.66. The number of nitrogens with zero attached hydrogens (tertiary/aromatic N) is 1. The SMILES string of the molecule is CCC[C@@H](NC(=O)[C@H](C)NC(=O)CO/N=C1\C=C2CC[C@H]3[C@@H]4CC[C@H](C(C)=O)[C@@]4(C)CC[C@@H]3[C@@]2(C)CC1)C(=O)O. The summed E-state index contributed by atoms with van der Waals surface area (Å²) in [5, 5.41) is 18.5. The van der Waals surface area contributed by atoms with Crippen LogP contribution in [0.25, 0.3) is 0 Å². The van der Waals surface area contributed by atoms with Gasteiger partial charge >= 0.3 is 5.97 Å². The maximum atomic E-state index is 12.4. The molecule has 4 aliphatic carbocycles. The van der Waals surface area contributed by atoms with Gasteiger partial charge in [-0.25, -0.2) is 4.79 Å². The molecule has 0 aromatic rings. The van der Waals surface area contributed by atoms with Crippen LogP contribution in [-0.4, -0.2) is 53.1 Å². The average molecular weight is 558 g/mol. The fourth-order valence-corrected chi connectivity index (χ4v) is 8.68. The fraction of sp³-hybridized carbons (Fsp3) is 0.774. The summed E-state index contributed by atoms with van der Waals surface area (Å²) < 4.78 is 0. The van der Waals surface area contributed by atoms with Crippen molar-refractivity contribution < 1.29 is 29.1 Å². The van der Waals surface area contributed by atoms with E-state index in [9.17, 15) is 24.3 Å². The zero-order chi connectivity index (χ0) is 29.2. The molecule has 9 nitrogen and oxygen atoms in total. The molecule has 0 aromatic carbocycles. The molecule has 4 aliphatic rings. The van der Waals surface area contributed by atoms with E-state index in [0.717, 1.165) is 44.2 Å². The minimum atomic E-state index is -1.10. The summed E-state index contributed by atoms with van der Waals surface area (Å²) in [6.45, 7) is 9.61. The number of carboxylic acid groups (broad SMARTS) is 1. The van der Waals surface area contributed by atoms with Crippen LogP contribution in [0.5, 0.6) is 0 Å². The summed E-state index contributed by atoms with van der Waals surface area (Å²) in [6.07, 6.45) is 11.6. The lowest BCUT2D eigenvalue weighted by Gasteiger charge is -2.58. The van der Waals surface area contributed by atoms with E-state index in [-0.39, 0.29) is 23.4 Å². The van der Waals surface area contributed by atoms with Gasteiger partial charge in [0.2, 0.25) is 5.91 Å². The molecular weight excluding hydrogens is 510 g/mol. The normalized spacial score (nSPS) is 35.3. The number of carboxylic acids is 1. The number of rotatable bonds is 10. The molecule has 0 heterocycles. The second kappa shape index (κ2) is 12.0. The number of carbonyl (C=O) groups excluding carboxylic acids is 3. The number of allylic oxidation sites excluding steroid dienone is 2. The van der Waals surface area contributed by atoms with Crippen molar-refractivity contribution in [2.24, 2.45) is 39.7 Å². The van der Waals surface area contributed by atoms with Crippen molar-refractivity contribution in [1.29, 1.82) is 0 Å². The zero-order valence-electron chi connectivity index (χ0n) is 24.8. The molecule has 2 amide bonds.